The molecule has 100 valence electrons. The van der Waals surface area contributed by atoms with E-state index in [1.165, 1.54) is 32.1 Å². The Kier molecular flexibility index (Phi) is 4.59. The third kappa shape index (κ3) is 3.02. The van der Waals surface area contributed by atoms with E-state index in [-0.39, 0.29) is 0 Å². The summed E-state index contributed by atoms with van der Waals surface area (Å²) in [6.07, 6.45) is 7.99. The van der Waals surface area contributed by atoms with Crippen LogP contribution >= 0.6 is 0 Å². The van der Waals surface area contributed by atoms with Gasteiger partial charge in [0.2, 0.25) is 0 Å². The van der Waals surface area contributed by atoms with Crippen molar-refractivity contribution in [3.8, 4) is 0 Å². The van der Waals surface area contributed by atoms with E-state index in [9.17, 15) is 5.11 Å². The van der Waals surface area contributed by atoms with Crippen LogP contribution in [0.25, 0.3) is 0 Å². The average Bonchev–Trinajstić information content (AvgIpc) is 2.41. The van der Waals surface area contributed by atoms with Crippen molar-refractivity contribution < 1.29 is 5.11 Å². The van der Waals surface area contributed by atoms with Crippen LogP contribution in [0.5, 0.6) is 0 Å². The van der Waals surface area contributed by atoms with Crippen molar-refractivity contribution in [1.29, 1.82) is 0 Å². The van der Waals surface area contributed by atoms with Crippen LogP contribution in [0, 0.1) is 0 Å². The molecule has 0 spiro atoms. The summed E-state index contributed by atoms with van der Waals surface area (Å²) in [5.74, 6) is 1.05. The molecular formula is C15H24N2O. The first-order chi connectivity index (χ1) is 8.72. The van der Waals surface area contributed by atoms with Crippen LogP contribution in [-0.2, 0) is 0 Å². The lowest BCUT2D eigenvalue weighted by atomic mass is 9.94. The molecule has 2 rings (SSSR count). The van der Waals surface area contributed by atoms with Gasteiger partial charge in [0.05, 0.1) is 6.10 Å². The summed E-state index contributed by atoms with van der Waals surface area (Å²) in [6, 6.07) is 4.67. The Morgan fingerprint density at radius 3 is 2.56 bits per heavy atom. The van der Waals surface area contributed by atoms with Crippen molar-refractivity contribution >= 4 is 5.82 Å². The average molecular weight is 248 g/mol. The van der Waals surface area contributed by atoms with Crippen LogP contribution in [0.2, 0.25) is 0 Å². The van der Waals surface area contributed by atoms with Gasteiger partial charge in [-0.3, -0.25) is 0 Å². The number of anilines is 1. The van der Waals surface area contributed by atoms with Gasteiger partial charge in [0, 0.05) is 18.8 Å². The second kappa shape index (κ2) is 6.19. The van der Waals surface area contributed by atoms with Crippen molar-refractivity contribution in [2.45, 2.75) is 58.1 Å². The number of hydrogen-bond donors (Lipinski definition) is 1. The van der Waals surface area contributed by atoms with Crippen molar-refractivity contribution in [2.24, 2.45) is 0 Å². The largest absolute Gasteiger partial charge is 0.389 e. The zero-order chi connectivity index (χ0) is 13.0. The molecule has 1 aromatic rings. The van der Waals surface area contributed by atoms with Crippen molar-refractivity contribution in [2.75, 3.05) is 11.4 Å². The highest BCUT2D eigenvalue weighted by molar-refractivity contribution is 5.40. The van der Waals surface area contributed by atoms with E-state index in [0.717, 1.165) is 17.9 Å². The topological polar surface area (TPSA) is 36.4 Å². The predicted molar refractivity (Wildman–Crippen MR) is 74.8 cm³/mol. The molecule has 1 atom stereocenters. The van der Waals surface area contributed by atoms with E-state index in [1.54, 1.807) is 13.1 Å². The first-order valence-corrected chi connectivity index (χ1v) is 7.13. The monoisotopic (exact) mass is 248 g/mol. The van der Waals surface area contributed by atoms with Crippen LogP contribution in [0.4, 0.5) is 5.82 Å². The van der Waals surface area contributed by atoms with Gasteiger partial charge in [0.15, 0.2) is 0 Å². The minimum atomic E-state index is -0.434. The lowest BCUT2D eigenvalue weighted by molar-refractivity contribution is 0.199. The quantitative estimate of drug-likeness (QED) is 0.888. The third-order valence-electron chi connectivity index (χ3n) is 3.90. The molecule has 1 aliphatic rings. The third-order valence-corrected chi connectivity index (χ3v) is 3.90. The van der Waals surface area contributed by atoms with Gasteiger partial charge in [0.25, 0.3) is 0 Å². The summed E-state index contributed by atoms with van der Waals surface area (Å²) < 4.78 is 0. The first-order valence-electron chi connectivity index (χ1n) is 7.13. The van der Waals surface area contributed by atoms with Crippen LogP contribution in [0.3, 0.4) is 0 Å². The number of rotatable bonds is 4. The zero-order valence-electron chi connectivity index (χ0n) is 11.5. The van der Waals surface area contributed by atoms with E-state index >= 15 is 0 Å². The van der Waals surface area contributed by atoms with E-state index in [0.29, 0.717) is 6.04 Å². The van der Waals surface area contributed by atoms with E-state index < -0.39 is 6.10 Å². The van der Waals surface area contributed by atoms with Gasteiger partial charge in [-0.2, -0.15) is 0 Å². The highest BCUT2D eigenvalue weighted by Gasteiger charge is 2.20. The maximum absolute atomic E-state index is 9.51. The number of aliphatic hydroxyl groups excluding tert-OH is 1. The second-order valence-electron chi connectivity index (χ2n) is 5.20. The first kappa shape index (κ1) is 13.3. The Hall–Kier alpha value is -1.09. The molecule has 1 saturated carbocycles. The predicted octanol–water partition coefficient (Wildman–Crippen LogP) is 3.29. The van der Waals surface area contributed by atoms with Gasteiger partial charge in [-0.1, -0.05) is 25.3 Å². The van der Waals surface area contributed by atoms with Gasteiger partial charge in [0.1, 0.15) is 5.82 Å². The fourth-order valence-electron chi connectivity index (χ4n) is 2.81. The molecule has 0 bridgehead atoms. The molecular weight excluding hydrogens is 224 g/mol. The molecule has 3 heteroatoms. The SMILES string of the molecule is CCN(c1ccc(C(C)O)cn1)C1CCCCC1. The number of nitrogens with zero attached hydrogens (tertiary/aromatic N) is 2. The fraction of sp³-hybridized carbons (Fsp3) is 0.667. The number of hydrogen-bond acceptors (Lipinski definition) is 3. The second-order valence-corrected chi connectivity index (χ2v) is 5.20. The smallest absolute Gasteiger partial charge is 0.128 e. The molecule has 0 amide bonds. The van der Waals surface area contributed by atoms with E-state index in [1.807, 2.05) is 12.1 Å². The highest BCUT2D eigenvalue weighted by atomic mass is 16.3. The lowest BCUT2D eigenvalue weighted by Gasteiger charge is -2.34. The summed E-state index contributed by atoms with van der Waals surface area (Å²) in [7, 11) is 0. The minimum Gasteiger partial charge on any atom is -0.389 e. The zero-order valence-corrected chi connectivity index (χ0v) is 11.5. The van der Waals surface area contributed by atoms with Crippen LogP contribution in [0.15, 0.2) is 18.3 Å². The molecule has 1 aromatic heterocycles. The van der Waals surface area contributed by atoms with Gasteiger partial charge in [-0.25, -0.2) is 4.98 Å². The molecule has 3 nitrogen and oxygen atoms in total. The molecule has 1 unspecified atom stereocenters. The molecule has 18 heavy (non-hydrogen) atoms. The molecule has 0 aromatic carbocycles. The number of aliphatic hydroxyl groups is 1. The summed E-state index contributed by atoms with van der Waals surface area (Å²) in [5, 5.41) is 9.51. The maximum Gasteiger partial charge on any atom is 0.128 e. The molecule has 0 aliphatic heterocycles. The van der Waals surface area contributed by atoms with Crippen molar-refractivity contribution in [3.05, 3.63) is 23.9 Å². The Morgan fingerprint density at radius 2 is 2.06 bits per heavy atom. The summed E-state index contributed by atoms with van der Waals surface area (Å²) in [6.45, 7) is 4.97. The Balaban J connectivity index is 2.11. The van der Waals surface area contributed by atoms with Gasteiger partial charge in [-0.15, -0.1) is 0 Å². The minimum absolute atomic E-state index is 0.434. The number of pyridine rings is 1. The number of aromatic nitrogens is 1. The summed E-state index contributed by atoms with van der Waals surface area (Å²) in [4.78, 5) is 6.92. The van der Waals surface area contributed by atoms with Crippen LogP contribution < -0.4 is 4.90 Å². The van der Waals surface area contributed by atoms with Gasteiger partial charge < -0.3 is 10.0 Å². The normalized spacial score (nSPS) is 18.6. The fourth-order valence-corrected chi connectivity index (χ4v) is 2.81. The van der Waals surface area contributed by atoms with Crippen molar-refractivity contribution in [3.63, 3.8) is 0 Å². The summed E-state index contributed by atoms with van der Waals surface area (Å²) in [5.41, 5.74) is 0.887. The molecule has 1 aliphatic carbocycles. The van der Waals surface area contributed by atoms with Crippen molar-refractivity contribution in [1.82, 2.24) is 4.98 Å². The molecule has 1 N–H and O–H groups in total. The lowest BCUT2D eigenvalue weighted by Crippen LogP contribution is -2.37. The Bertz CT molecular complexity index is 355. The van der Waals surface area contributed by atoms with E-state index in [2.05, 4.69) is 16.8 Å². The molecule has 1 heterocycles. The van der Waals surface area contributed by atoms with Gasteiger partial charge in [-0.05, 0) is 38.3 Å². The molecule has 1 fully saturated rings. The standard InChI is InChI=1S/C15H24N2O/c1-3-17(14-7-5-4-6-8-14)15-10-9-13(11-16-15)12(2)18/h9-12,14,18H,3-8H2,1-2H3. The molecule has 0 radical (unpaired) electrons. The highest BCUT2D eigenvalue weighted by Crippen LogP contribution is 2.26. The summed E-state index contributed by atoms with van der Waals surface area (Å²) >= 11 is 0. The van der Waals surface area contributed by atoms with Crippen LogP contribution in [0.1, 0.15) is 57.6 Å². The Labute approximate surface area is 110 Å². The maximum atomic E-state index is 9.51. The Morgan fingerprint density at radius 1 is 1.33 bits per heavy atom. The molecule has 0 saturated heterocycles. The van der Waals surface area contributed by atoms with Crippen LogP contribution in [-0.4, -0.2) is 22.7 Å². The van der Waals surface area contributed by atoms with E-state index in [4.69, 9.17) is 0 Å². The van der Waals surface area contributed by atoms with Gasteiger partial charge >= 0.3 is 0 Å².